The Morgan fingerprint density at radius 2 is 1.81 bits per heavy atom. The predicted molar refractivity (Wildman–Crippen MR) is 104 cm³/mol. The number of rotatable bonds is 5. The molecule has 3 aromatic rings. The highest BCUT2D eigenvalue weighted by molar-refractivity contribution is 6.12. The SMILES string of the molecule is CCn1cc(C(=O)Nc2cccc(C)n2)c2cc(OC)c(OC)cc2c1=O. The van der Waals surface area contributed by atoms with Crippen molar-refractivity contribution in [1.29, 1.82) is 0 Å². The number of aromatic nitrogens is 2. The molecule has 7 nitrogen and oxygen atoms in total. The van der Waals surface area contributed by atoms with E-state index in [1.54, 1.807) is 24.4 Å². The highest BCUT2D eigenvalue weighted by atomic mass is 16.5. The Morgan fingerprint density at radius 1 is 1.15 bits per heavy atom. The smallest absolute Gasteiger partial charge is 0.258 e. The first-order valence-electron chi connectivity index (χ1n) is 8.52. The lowest BCUT2D eigenvalue weighted by molar-refractivity contribution is 0.102. The van der Waals surface area contributed by atoms with E-state index in [9.17, 15) is 9.59 Å². The Morgan fingerprint density at radius 3 is 2.41 bits per heavy atom. The normalized spacial score (nSPS) is 10.7. The lowest BCUT2D eigenvalue weighted by Gasteiger charge is -2.14. The molecule has 0 fully saturated rings. The molecule has 1 N–H and O–H groups in total. The fraction of sp³-hybridized carbons (Fsp3) is 0.250. The molecule has 0 saturated heterocycles. The van der Waals surface area contributed by atoms with Crippen LogP contribution >= 0.6 is 0 Å². The lowest BCUT2D eigenvalue weighted by atomic mass is 10.1. The van der Waals surface area contributed by atoms with Crippen molar-refractivity contribution in [3.8, 4) is 11.5 Å². The van der Waals surface area contributed by atoms with Gasteiger partial charge >= 0.3 is 0 Å². The molecule has 0 saturated carbocycles. The van der Waals surface area contributed by atoms with Crippen molar-refractivity contribution < 1.29 is 14.3 Å². The molecule has 1 aromatic carbocycles. The van der Waals surface area contributed by atoms with Crippen LogP contribution in [0.5, 0.6) is 11.5 Å². The van der Waals surface area contributed by atoms with Crippen LogP contribution < -0.4 is 20.3 Å². The van der Waals surface area contributed by atoms with Crippen molar-refractivity contribution in [2.75, 3.05) is 19.5 Å². The van der Waals surface area contributed by atoms with Gasteiger partial charge in [-0.2, -0.15) is 0 Å². The molecule has 27 heavy (non-hydrogen) atoms. The molecule has 0 bridgehead atoms. The summed E-state index contributed by atoms with van der Waals surface area (Å²) in [4.78, 5) is 30.0. The maximum Gasteiger partial charge on any atom is 0.258 e. The molecule has 0 aliphatic heterocycles. The number of carbonyl (C=O) groups is 1. The van der Waals surface area contributed by atoms with Crippen molar-refractivity contribution in [2.24, 2.45) is 0 Å². The fourth-order valence-corrected chi connectivity index (χ4v) is 2.93. The molecule has 0 aliphatic rings. The molecule has 3 rings (SSSR count). The number of methoxy groups -OCH3 is 2. The van der Waals surface area contributed by atoms with Crippen LogP contribution in [0.4, 0.5) is 5.82 Å². The van der Waals surface area contributed by atoms with E-state index in [0.717, 1.165) is 5.69 Å². The zero-order valence-corrected chi connectivity index (χ0v) is 15.7. The quantitative estimate of drug-likeness (QED) is 0.750. The monoisotopic (exact) mass is 367 g/mol. The van der Waals surface area contributed by atoms with Crippen molar-refractivity contribution >= 4 is 22.5 Å². The number of nitrogens with one attached hydrogen (secondary N) is 1. The minimum Gasteiger partial charge on any atom is -0.493 e. The van der Waals surface area contributed by atoms with Crippen LogP contribution in [0.25, 0.3) is 10.8 Å². The number of hydrogen-bond acceptors (Lipinski definition) is 5. The number of amides is 1. The van der Waals surface area contributed by atoms with Gasteiger partial charge in [-0.25, -0.2) is 4.98 Å². The summed E-state index contributed by atoms with van der Waals surface area (Å²) in [5.41, 5.74) is 0.956. The third-order valence-electron chi connectivity index (χ3n) is 4.31. The number of aryl methyl sites for hydroxylation is 2. The first-order valence-corrected chi connectivity index (χ1v) is 8.52. The van der Waals surface area contributed by atoms with E-state index in [-0.39, 0.29) is 11.5 Å². The van der Waals surface area contributed by atoms with Crippen LogP contribution in [0.2, 0.25) is 0 Å². The summed E-state index contributed by atoms with van der Waals surface area (Å²) < 4.78 is 12.1. The van der Waals surface area contributed by atoms with Gasteiger partial charge in [-0.15, -0.1) is 0 Å². The second-order valence-corrected chi connectivity index (χ2v) is 6.01. The first-order chi connectivity index (χ1) is 13.0. The van der Waals surface area contributed by atoms with Gasteiger partial charge in [-0.1, -0.05) is 6.07 Å². The number of pyridine rings is 2. The average Bonchev–Trinajstić information content (AvgIpc) is 2.67. The van der Waals surface area contributed by atoms with E-state index in [1.165, 1.54) is 18.8 Å². The summed E-state index contributed by atoms with van der Waals surface area (Å²) >= 11 is 0. The van der Waals surface area contributed by atoms with Gasteiger partial charge in [0.05, 0.1) is 25.2 Å². The number of carbonyl (C=O) groups excluding carboxylic acids is 1. The third-order valence-corrected chi connectivity index (χ3v) is 4.31. The Bertz CT molecular complexity index is 1070. The van der Waals surface area contributed by atoms with Crippen LogP contribution in [0, 0.1) is 6.92 Å². The number of ether oxygens (including phenoxy) is 2. The molecule has 0 spiro atoms. The summed E-state index contributed by atoms with van der Waals surface area (Å²) in [6.07, 6.45) is 1.56. The van der Waals surface area contributed by atoms with Crippen LogP contribution in [0.15, 0.2) is 41.3 Å². The van der Waals surface area contributed by atoms with Crippen molar-refractivity contribution in [2.45, 2.75) is 20.4 Å². The van der Waals surface area contributed by atoms with Gasteiger partial charge in [0.15, 0.2) is 11.5 Å². The Balaban J connectivity index is 2.19. The molecule has 2 heterocycles. The largest absolute Gasteiger partial charge is 0.493 e. The highest BCUT2D eigenvalue weighted by Gasteiger charge is 2.18. The summed E-state index contributed by atoms with van der Waals surface area (Å²) in [5, 5.41) is 3.67. The van der Waals surface area contributed by atoms with E-state index in [1.807, 2.05) is 26.0 Å². The fourth-order valence-electron chi connectivity index (χ4n) is 2.93. The van der Waals surface area contributed by atoms with Gasteiger partial charge in [0.1, 0.15) is 5.82 Å². The Labute approximate surface area is 156 Å². The van der Waals surface area contributed by atoms with Crippen molar-refractivity contribution in [3.05, 3.63) is 58.1 Å². The second-order valence-electron chi connectivity index (χ2n) is 6.01. The van der Waals surface area contributed by atoms with Crippen LogP contribution in [0.3, 0.4) is 0 Å². The molecule has 0 unspecified atom stereocenters. The summed E-state index contributed by atoms with van der Waals surface area (Å²) in [5.74, 6) is 0.972. The van der Waals surface area contributed by atoms with E-state index in [2.05, 4.69) is 10.3 Å². The molecular formula is C20H21N3O4. The molecule has 0 atom stereocenters. The van der Waals surface area contributed by atoms with Gasteiger partial charge in [-0.05, 0) is 38.1 Å². The maximum absolute atomic E-state index is 12.9. The number of hydrogen-bond donors (Lipinski definition) is 1. The van der Waals surface area contributed by atoms with Crippen LogP contribution in [-0.4, -0.2) is 29.7 Å². The van der Waals surface area contributed by atoms with Crippen LogP contribution in [0.1, 0.15) is 23.0 Å². The standard InChI is InChI=1S/C20H21N3O4/c1-5-23-11-15(19(24)22-18-8-6-7-12(2)21-18)13-9-16(26-3)17(27-4)10-14(13)20(23)25/h6-11H,5H2,1-4H3,(H,21,22,24). The number of nitrogens with zero attached hydrogens (tertiary/aromatic N) is 2. The number of fused-ring (bicyclic) bond motifs is 1. The third kappa shape index (κ3) is 3.48. The first kappa shape index (κ1) is 18.4. The maximum atomic E-state index is 12.9. The van der Waals surface area contributed by atoms with Gasteiger partial charge in [0.25, 0.3) is 11.5 Å². The van der Waals surface area contributed by atoms with Gasteiger partial charge < -0.3 is 19.4 Å². The average molecular weight is 367 g/mol. The highest BCUT2D eigenvalue weighted by Crippen LogP contribution is 2.32. The van der Waals surface area contributed by atoms with Crippen molar-refractivity contribution in [3.63, 3.8) is 0 Å². The molecule has 1 amide bonds. The molecule has 7 heteroatoms. The van der Waals surface area contributed by atoms with Gasteiger partial charge in [0.2, 0.25) is 0 Å². The second kappa shape index (κ2) is 7.49. The minimum absolute atomic E-state index is 0.196. The Hall–Kier alpha value is -3.35. The zero-order chi connectivity index (χ0) is 19.6. The molecular weight excluding hydrogens is 346 g/mol. The van der Waals surface area contributed by atoms with E-state index in [4.69, 9.17) is 9.47 Å². The van der Waals surface area contributed by atoms with E-state index < -0.39 is 0 Å². The van der Waals surface area contributed by atoms with E-state index in [0.29, 0.717) is 40.2 Å². The molecule has 0 aliphatic carbocycles. The summed E-state index contributed by atoms with van der Waals surface area (Å²) in [7, 11) is 3.01. The van der Waals surface area contributed by atoms with E-state index >= 15 is 0 Å². The topological polar surface area (TPSA) is 82.5 Å². The molecule has 140 valence electrons. The lowest BCUT2D eigenvalue weighted by Crippen LogP contribution is -2.23. The predicted octanol–water partition coefficient (Wildman–Crippen LogP) is 2.99. The number of anilines is 1. The zero-order valence-electron chi connectivity index (χ0n) is 15.7. The van der Waals surface area contributed by atoms with Crippen LogP contribution in [-0.2, 0) is 6.54 Å². The van der Waals surface area contributed by atoms with Gasteiger partial charge in [-0.3, -0.25) is 9.59 Å². The molecule has 0 radical (unpaired) electrons. The minimum atomic E-state index is -0.354. The molecule has 2 aromatic heterocycles. The summed E-state index contributed by atoms with van der Waals surface area (Å²) in [6.45, 7) is 4.13. The van der Waals surface area contributed by atoms with Crippen molar-refractivity contribution in [1.82, 2.24) is 9.55 Å². The Kier molecular flexibility index (Phi) is 5.12. The van der Waals surface area contributed by atoms with Gasteiger partial charge in [0, 0.05) is 23.8 Å². The number of benzene rings is 1. The summed E-state index contributed by atoms with van der Waals surface area (Å²) in [6, 6.07) is 8.63.